The van der Waals surface area contributed by atoms with Crippen LogP contribution in [-0.4, -0.2) is 56.8 Å². The van der Waals surface area contributed by atoms with Gasteiger partial charge >= 0.3 is 0 Å². The molecule has 0 amide bonds. The number of unbranched alkanes of at least 4 members (excludes halogenated alkanes) is 1. The SMILES string of the molecule is CCCN(CCC)CCCCNCc1ccc(C(=O)C(C)(Cc2ncc[nH]2)Cc2ncc[nH]2)cc1. The normalized spacial score (nSPS) is 11.9. The van der Waals surface area contributed by atoms with Crippen molar-refractivity contribution < 1.29 is 4.79 Å². The number of H-pyrrole nitrogens is 2. The number of benzene rings is 1. The van der Waals surface area contributed by atoms with E-state index in [-0.39, 0.29) is 5.78 Å². The molecule has 3 aromatic rings. The lowest BCUT2D eigenvalue weighted by Crippen LogP contribution is -2.34. The highest BCUT2D eigenvalue weighted by molar-refractivity contribution is 6.00. The van der Waals surface area contributed by atoms with Crippen molar-refractivity contribution in [2.24, 2.45) is 5.41 Å². The molecule has 0 aliphatic rings. The van der Waals surface area contributed by atoms with E-state index in [1.165, 1.54) is 50.9 Å². The Morgan fingerprint density at radius 3 is 2.03 bits per heavy atom. The Morgan fingerprint density at radius 2 is 1.51 bits per heavy atom. The molecule has 1 aromatic carbocycles. The van der Waals surface area contributed by atoms with Gasteiger partial charge < -0.3 is 20.2 Å². The first-order valence-electron chi connectivity index (χ1n) is 13.1. The zero-order valence-electron chi connectivity index (χ0n) is 21.6. The van der Waals surface area contributed by atoms with Gasteiger partial charge in [-0.25, -0.2) is 9.97 Å². The lowest BCUT2D eigenvalue weighted by molar-refractivity contribution is 0.0808. The van der Waals surface area contributed by atoms with Gasteiger partial charge in [-0.15, -0.1) is 0 Å². The highest BCUT2D eigenvalue weighted by atomic mass is 16.1. The van der Waals surface area contributed by atoms with Crippen LogP contribution in [0.5, 0.6) is 0 Å². The smallest absolute Gasteiger partial charge is 0.169 e. The predicted molar refractivity (Wildman–Crippen MR) is 141 cm³/mol. The molecular weight excluding hydrogens is 436 g/mol. The largest absolute Gasteiger partial charge is 0.349 e. The molecule has 3 rings (SSSR count). The first kappa shape index (κ1) is 26.8. The summed E-state index contributed by atoms with van der Waals surface area (Å²) in [5, 5.41) is 3.55. The molecule has 0 unspecified atom stereocenters. The van der Waals surface area contributed by atoms with Crippen molar-refractivity contribution in [1.82, 2.24) is 30.2 Å². The quantitative estimate of drug-likeness (QED) is 0.192. The molecular formula is C28H42N6O. The summed E-state index contributed by atoms with van der Waals surface area (Å²) in [6, 6.07) is 8.03. The molecule has 0 atom stereocenters. The Morgan fingerprint density at radius 1 is 0.914 bits per heavy atom. The Bertz CT molecular complexity index is 923. The molecule has 7 nitrogen and oxygen atoms in total. The third-order valence-electron chi connectivity index (χ3n) is 6.48. The maximum Gasteiger partial charge on any atom is 0.169 e. The molecule has 0 bridgehead atoms. The second kappa shape index (κ2) is 14.0. The van der Waals surface area contributed by atoms with Crippen molar-refractivity contribution in [2.45, 2.75) is 65.8 Å². The van der Waals surface area contributed by atoms with Gasteiger partial charge in [0, 0.05) is 55.2 Å². The van der Waals surface area contributed by atoms with E-state index in [9.17, 15) is 4.79 Å². The molecule has 0 spiro atoms. The Hall–Kier alpha value is -2.77. The second-order valence-electron chi connectivity index (χ2n) is 9.74. The van der Waals surface area contributed by atoms with E-state index in [1.54, 1.807) is 24.8 Å². The third kappa shape index (κ3) is 8.44. The minimum atomic E-state index is -0.654. The Labute approximate surface area is 210 Å². The summed E-state index contributed by atoms with van der Waals surface area (Å²) in [5.41, 5.74) is 1.26. The molecule has 7 heteroatoms. The summed E-state index contributed by atoms with van der Waals surface area (Å²) >= 11 is 0. The van der Waals surface area contributed by atoms with E-state index in [2.05, 4.69) is 56.1 Å². The summed E-state index contributed by atoms with van der Waals surface area (Å²) in [6.07, 6.45) is 12.9. The zero-order chi connectivity index (χ0) is 24.9. The molecule has 0 aliphatic carbocycles. The van der Waals surface area contributed by atoms with Gasteiger partial charge in [0.05, 0.1) is 0 Å². The van der Waals surface area contributed by atoms with Crippen LogP contribution >= 0.6 is 0 Å². The van der Waals surface area contributed by atoms with Crippen LogP contribution in [0.1, 0.15) is 74.0 Å². The van der Waals surface area contributed by atoms with Crippen LogP contribution in [0.4, 0.5) is 0 Å². The van der Waals surface area contributed by atoms with Crippen molar-refractivity contribution in [2.75, 3.05) is 26.2 Å². The van der Waals surface area contributed by atoms with Crippen molar-refractivity contribution >= 4 is 5.78 Å². The fourth-order valence-corrected chi connectivity index (χ4v) is 4.66. The van der Waals surface area contributed by atoms with Crippen LogP contribution in [0, 0.1) is 5.41 Å². The van der Waals surface area contributed by atoms with Crippen molar-refractivity contribution in [1.29, 1.82) is 0 Å². The summed E-state index contributed by atoms with van der Waals surface area (Å²) in [5.74, 6) is 1.72. The summed E-state index contributed by atoms with van der Waals surface area (Å²) in [6.45, 7) is 11.9. The van der Waals surface area contributed by atoms with Gasteiger partial charge in [0.15, 0.2) is 5.78 Å². The standard InChI is InChI=1S/C28H42N6O/c1-4-17-34(18-5-2)19-7-6-12-29-22-23-8-10-24(11-9-23)27(35)28(3,20-25-30-13-14-31-25)21-26-32-15-16-33-26/h8-11,13-16,29H,4-7,12,17-22H2,1-3H3,(H,30,31)(H,32,33). The molecule has 2 aromatic heterocycles. The van der Waals surface area contributed by atoms with Crippen LogP contribution in [0.2, 0.25) is 0 Å². The van der Waals surface area contributed by atoms with Crippen LogP contribution in [0.15, 0.2) is 49.1 Å². The molecule has 0 saturated carbocycles. The first-order chi connectivity index (χ1) is 17.0. The molecule has 0 fully saturated rings. The maximum atomic E-state index is 13.6. The van der Waals surface area contributed by atoms with Gasteiger partial charge in [-0.1, -0.05) is 45.0 Å². The minimum Gasteiger partial charge on any atom is -0.349 e. The summed E-state index contributed by atoms with van der Waals surface area (Å²) in [7, 11) is 0. The predicted octanol–water partition coefficient (Wildman–Crippen LogP) is 4.80. The average Bonchev–Trinajstić information content (AvgIpc) is 3.56. The monoisotopic (exact) mass is 478 g/mol. The zero-order valence-corrected chi connectivity index (χ0v) is 21.6. The van der Waals surface area contributed by atoms with E-state index in [1.807, 2.05) is 19.1 Å². The fraction of sp³-hybridized carbons (Fsp3) is 0.536. The number of Topliss-reactive ketones (excluding diaryl/α,β-unsaturated/α-hetero) is 1. The van der Waals surface area contributed by atoms with Crippen LogP contribution in [-0.2, 0) is 19.4 Å². The van der Waals surface area contributed by atoms with Gasteiger partial charge in [0.1, 0.15) is 11.6 Å². The number of hydrogen-bond acceptors (Lipinski definition) is 5. The lowest BCUT2D eigenvalue weighted by Gasteiger charge is -2.26. The topological polar surface area (TPSA) is 89.7 Å². The van der Waals surface area contributed by atoms with Crippen LogP contribution < -0.4 is 5.32 Å². The highest BCUT2D eigenvalue weighted by Gasteiger charge is 2.36. The lowest BCUT2D eigenvalue weighted by atomic mass is 9.76. The van der Waals surface area contributed by atoms with Gasteiger partial charge in [0.2, 0.25) is 0 Å². The van der Waals surface area contributed by atoms with E-state index in [4.69, 9.17) is 0 Å². The third-order valence-corrected chi connectivity index (χ3v) is 6.48. The summed E-state index contributed by atoms with van der Waals surface area (Å²) < 4.78 is 0. The number of carbonyl (C=O) groups excluding carboxylic acids is 1. The number of aromatic nitrogens is 4. The van der Waals surface area contributed by atoms with Gasteiger partial charge in [0.25, 0.3) is 0 Å². The van der Waals surface area contributed by atoms with E-state index in [0.717, 1.165) is 30.3 Å². The van der Waals surface area contributed by atoms with E-state index >= 15 is 0 Å². The molecule has 3 N–H and O–H groups in total. The van der Waals surface area contributed by atoms with Crippen LogP contribution in [0.25, 0.3) is 0 Å². The number of hydrogen-bond donors (Lipinski definition) is 3. The first-order valence-corrected chi connectivity index (χ1v) is 13.1. The van der Waals surface area contributed by atoms with Crippen LogP contribution in [0.3, 0.4) is 0 Å². The second-order valence-corrected chi connectivity index (χ2v) is 9.74. The number of carbonyl (C=O) groups is 1. The van der Waals surface area contributed by atoms with Gasteiger partial charge in [-0.3, -0.25) is 4.79 Å². The molecule has 35 heavy (non-hydrogen) atoms. The number of imidazole rings is 2. The van der Waals surface area contributed by atoms with Gasteiger partial charge in [-0.05, 0) is 57.4 Å². The van der Waals surface area contributed by atoms with Crippen molar-refractivity contribution in [3.63, 3.8) is 0 Å². The van der Waals surface area contributed by atoms with Crippen molar-refractivity contribution in [3.8, 4) is 0 Å². The van der Waals surface area contributed by atoms with Gasteiger partial charge in [-0.2, -0.15) is 0 Å². The minimum absolute atomic E-state index is 0.105. The molecule has 190 valence electrons. The number of aromatic amines is 2. The fourth-order valence-electron chi connectivity index (χ4n) is 4.66. The Kier molecular flexibility index (Phi) is 10.7. The number of ketones is 1. The number of nitrogens with one attached hydrogen (secondary N) is 3. The average molecular weight is 479 g/mol. The van der Waals surface area contributed by atoms with Crippen molar-refractivity contribution in [3.05, 3.63) is 71.8 Å². The number of nitrogens with zero attached hydrogens (tertiary/aromatic N) is 3. The van der Waals surface area contributed by atoms with E-state index in [0.29, 0.717) is 12.8 Å². The Balaban J connectivity index is 1.51. The maximum absolute atomic E-state index is 13.6. The molecule has 0 aliphatic heterocycles. The summed E-state index contributed by atoms with van der Waals surface area (Å²) in [4.78, 5) is 31.2. The molecule has 2 heterocycles. The molecule has 0 saturated heterocycles. The van der Waals surface area contributed by atoms with E-state index < -0.39 is 5.41 Å². The molecule has 0 radical (unpaired) electrons. The highest BCUT2D eigenvalue weighted by Crippen LogP contribution is 2.30. The number of rotatable bonds is 17.